The van der Waals surface area contributed by atoms with Crippen LogP contribution in [-0.4, -0.2) is 33.0 Å². The summed E-state index contributed by atoms with van der Waals surface area (Å²) in [6, 6.07) is 14.7. The second kappa shape index (κ2) is 27.8. The molecule has 5 heteroatoms. The van der Waals surface area contributed by atoms with Crippen molar-refractivity contribution < 1.29 is 4.79 Å². The summed E-state index contributed by atoms with van der Waals surface area (Å²) in [4.78, 5) is 19.2. The molecule has 0 amide bonds. The van der Waals surface area contributed by atoms with Gasteiger partial charge in [-0.3, -0.25) is 0 Å². The molecule has 0 fully saturated rings. The van der Waals surface area contributed by atoms with E-state index in [0.29, 0.717) is 0 Å². The van der Waals surface area contributed by atoms with Gasteiger partial charge in [-0.25, -0.2) is 0 Å². The van der Waals surface area contributed by atoms with Gasteiger partial charge in [-0.05, 0) is 0 Å². The van der Waals surface area contributed by atoms with E-state index < -0.39 is 19.8 Å². The monoisotopic (exact) mass is 738 g/mol. The normalized spacial score (nSPS) is 16.4. The topological polar surface area (TPSA) is 53.8 Å². The van der Waals surface area contributed by atoms with Crippen LogP contribution in [0.3, 0.4) is 0 Å². The molecule has 0 radical (unpaired) electrons. The van der Waals surface area contributed by atoms with Gasteiger partial charge in [-0.1, -0.05) is 53.0 Å². The number of allylic oxidation sites excluding steroid dienone is 4. The zero-order valence-corrected chi connectivity index (χ0v) is 33.1. The molecule has 0 bridgehead atoms. The van der Waals surface area contributed by atoms with Crippen molar-refractivity contribution in [1.82, 2.24) is 4.98 Å². The summed E-state index contributed by atoms with van der Waals surface area (Å²) in [5.74, 6) is 1.87. The number of halogens is 1. The minimum absolute atomic E-state index is 0.0910. The maximum absolute atomic E-state index is 12.7. The zero-order valence-electron chi connectivity index (χ0n) is 30.9. The summed E-state index contributed by atoms with van der Waals surface area (Å²) in [6.07, 6.45) is 18.3. The average molecular weight is 739 g/mol. The number of alkyl halides is 2. The first-order chi connectivity index (χ1) is 22.2. The van der Waals surface area contributed by atoms with Crippen LogP contribution in [0.4, 0.5) is 0 Å². The van der Waals surface area contributed by atoms with Crippen LogP contribution < -0.4 is 0 Å². The molecule has 0 aliphatic carbocycles. The van der Waals surface area contributed by atoms with Gasteiger partial charge in [-0.2, -0.15) is 0 Å². The van der Waals surface area contributed by atoms with Gasteiger partial charge in [0.25, 0.3) is 0 Å². The fourth-order valence-electron chi connectivity index (χ4n) is 5.56. The Labute approximate surface area is 292 Å². The molecular formula is C41H64BIN2O. The molecule has 1 aromatic heterocycles. The van der Waals surface area contributed by atoms with Crippen molar-refractivity contribution >= 4 is 38.5 Å². The molecule has 0 spiro atoms. The second-order valence-corrected chi connectivity index (χ2v) is 18.0. The summed E-state index contributed by atoms with van der Waals surface area (Å²) >= 11 is -0.762. The Morgan fingerprint density at radius 1 is 1.04 bits per heavy atom. The van der Waals surface area contributed by atoms with Crippen molar-refractivity contribution in [1.29, 1.82) is 5.26 Å². The fraction of sp³-hybridized carbons (Fsp3) is 0.561. The van der Waals surface area contributed by atoms with Gasteiger partial charge in [0.05, 0.1) is 0 Å². The molecule has 3 nitrogen and oxygen atoms in total. The van der Waals surface area contributed by atoms with Crippen LogP contribution in [0.5, 0.6) is 0 Å². The number of ketones is 1. The first kappa shape index (κ1) is 43.7. The van der Waals surface area contributed by atoms with Gasteiger partial charge in [0.1, 0.15) is 0 Å². The number of benzene rings is 1. The molecule has 0 saturated carbocycles. The van der Waals surface area contributed by atoms with Crippen LogP contribution in [-0.2, 0) is 11.2 Å². The number of hydrogen-bond donors (Lipinski definition) is 0. The van der Waals surface area contributed by atoms with Crippen LogP contribution in [0.25, 0.3) is 0 Å². The van der Waals surface area contributed by atoms with Crippen molar-refractivity contribution in [2.45, 2.75) is 120 Å². The second-order valence-electron chi connectivity index (χ2n) is 11.8. The number of pyridine rings is 1. The molecule has 46 heavy (non-hydrogen) atoms. The van der Waals surface area contributed by atoms with E-state index in [1.165, 1.54) is 49.5 Å². The number of unbranched alkanes of at least 4 members (excludes halogenated alkanes) is 2. The molecule has 2 aromatic rings. The molecule has 3 unspecified atom stereocenters. The number of hydrogen-bond acceptors (Lipinski definition) is 3. The number of carbonyl (C=O) groups excluding carboxylic acids is 1. The minimum atomic E-state index is -0.762. The Morgan fingerprint density at radius 3 is 2.28 bits per heavy atom. The van der Waals surface area contributed by atoms with Crippen molar-refractivity contribution in [3.8, 4) is 6.07 Å². The number of nitriles is 1. The van der Waals surface area contributed by atoms with E-state index in [9.17, 15) is 10.1 Å². The van der Waals surface area contributed by atoms with Crippen LogP contribution in [0, 0.1) is 39.6 Å². The summed E-state index contributed by atoms with van der Waals surface area (Å²) in [5, 5.41) is 9.44. The molecule has 1 aliphatic heterocycles. The SMILES string of the molecule is CC.CCC(C1=C/C=BCC\C(C)=C\1)C(C(=O)C#N)C(C)CCCc1ccccc1C.CCCCC.CCI(C)c1cccnc1. The van der Waals surface area contributed by atoms with Gasteiger partial charge < -0.3 is 0 Å². The Kier molecular flexibility index (Phi) is 26.4. The van der Waals surface area contributed by atoms with E-state index in [1.807, 2.05) is 38.4 Å². The fourth-order valence-corrected chi connectivity index (χ4v) is 7.89. The first-order valence-corrected chi connectivity index (χ1v) is 22.5. The molecule has 1 aliphatic rings. The summed E-state index contributed by atoms with van der Waals surface area (Å²) in [7, 11) is 0. The van der Waals surface area contributed by atoms with E-state index in [4.69, 9.17) is 0 Å². The Bertz CT molecular complexity index is 1210. The molecular weight excluding hydrogens is 674 g/mol. The van der Waals surface area contributed by atoms with Crippen molar-refractivity contribution in [3.63, 3.8) is 0 Å². The summed E-state index contributed by atoms with van der Waals surface area (Å²) in [6.45, 7) is 21.5. The zero-order chi connectivity index (χ0) is 34.7. The van der Waals surface area contributed by atoms with Gasteiger partial charge in [0, 0.05) is 0 Å². The number of Topliss-reactive ketones (excluding diaryl/α,β-unsaturated/α-hetero) is 1. The molecule has 0 saturated heterocycles. The number of nitrogens with zero attached hydrogens (tertiary/aromatic N) is 2. The number of carbonyl (C=O) groups is 1. The Balaban J connectivity index is 0.000000973. The number of rotatable bonds is 13. The average Bonchev–Trinajstić information content (AvgIpc) is 3.07. The Morgan fingerprint density at radius 2 is 1.74 bits per heavy atom. The van der Waals surface area contributed by atoms with Gasteiger partial charge in [-0.15, -0.1) is 0 Å². The predicted molar refractivity (Wildman–Crippen MR) is 214 cm³/mol. The summed E-state index contributed by atoms with van der Waals surface area (Å²) in [5.41, 5.74) is 5.24. The van der Waals surface area contributed by atoms with E-state index in [0.717, 1.165) is 38.4 Å². The molecule has 2 heterocycles. The van der Waals surface area contributed by atoms with Crippen molar-refractivity contribution in [3.05, 3.63) is 86.8 Å². The quantitative estimate of drug-likeness (QED) is 0.0890. The Hall–Kier alpha value is -2.33. The first-order valence-electron chi connectivity index (χ1n) is 17.7. The van der Waals surface area contributed by atoms with Crippen LogP contribution >= 0.6 is 19.8 Å². The number of aryl methyl sites for hydroxylation is 2. The van der Waals surface area contributed by atoms with Crippen LogP contribution in [0.2, 0.25) is 6.32 Å². The van der Waals surface area contributed by atoms with Crippen molar-refractivity contribution in [2.75, 3.05) is 9.36 Å². The molecule has 1 aromatic carbocycles. The number of aromatic nitrogens is 1. The van der Waals surface area contributed by atoms with Crippen molar-refractivity contribution in [2.24, 2.45) is 17.8 Å². The third-order valence-electron chi connectivity index (χ3n) is 8.34. The van der Waals surface area contributed by atoms with Gasteiger partial charge >= 0.3 is 240 Å². The standard InChI is InChI=1S/C26H34BNO.C8H12IN.C5H12.C2H6/c1-5-24(23-14-16-27-15-13-19(2)17-23)26(25(29)18-28)21(4)10-8-12-22-11-7-6-9-20(22)3;1-3-9(2)8-5-4-6-10-7-8;1-3-5-4-2;1-2/h6-7,9,11,14,16-17,21,24,26H,5,8,10,12-13,15H2,1-4H3;4-7H,3H2,1-2H3;3-5H2,1-2H3;1-2H3/b19-17+,23-14+;;;. The summed E-state index contributed by atoms with van der Waals surface area (Å²) < 4.78 is 2.84. The molecule has 3 rings (SSSR count). The van der Waals surface area contributed by atoms with Crippen LogP contribution in [0.15, 0.2) is 72.1 Å². The van der Waals surface area contributed by atoms with Crippen LogP contribution in [0.1, 0.15) is 111 Å². The van der Waals surface area contributed by atoms with E-state index >= 15 is 0 Å². The molecule has 3 atom stereocenters. The third kappa shape index (κ3) is 17.6. The molecule has 0 N–H and O–H groups in total. The van der Waals surface area contributed by atoms with Gasteiger partial charge in [0.15, 0.2) is 0 Å². The predicted octanol–water partition coefficient (Wildman–Crippen LogP) is 11.5. The maximum atomic E-state index is 12.7. The van der Waals surface area contributed by atoms with E-state index in [1.54, 1.807) is 0 Å². The van der Waals surface area contributed by atoms with E-state index in [-0.39, 0.29) is 23.5 Å². The third-order valence-corrected chi connectivity index (χ3v) is 13.4. The van der Waals surface area contributed by atoms with E-state index in [2.05, 4.69) is 114 Å². The van der Waals surface area contributed by atoms with Gasteiger partial charge in [0.2, 0.25) is 0 Å². The molecule has 254 valence electrons.